The van der Waals surface area contributed by atoms with Crippen molar-refractivity contribution in [1.82, 2.24) is 10.2 Å². The molecule has 114 valence electrons. The average Bonchev–Trinajstić information content (AvgIpc) is 2.34. The van der Waals surface area contributed by atoms with Gasteiger partial charge in [0, 0.05) is 12.6 Å². The molecular weight excluding hydrogens is 262 g/mol. The lowest BCUT2D eigenvalue weighted by molar-refractivity contribution is 0.151. The van der Waals surface area contributed by atoms with Gasteiger partial charge in [0.25, 0.3) is 0 Å². The SMILES string of the molecule is CCCN1CCCC(C(C)NCCCS(N)(=O)=O)C1. The zero-order valence-corrected chi connectivity index (χ0v) is 13.1. The van der Waals surface area contributed by atoms with Crippen LogP contribution in [0.4, 0.5) is 0 Å². The highest BCUT2D eigenvalue weighted by molar-refractivity contribution is 7.89. The van der Waals surface area contributed by atoms with E-state index in [1.807, 2.05) is 0 Å². The third-order valence-electron chi connectivity index (χ3n) is 3.86. The monoisotopic (exact) mass is 291 g/mol. The van der Waals surface area contributed by atoms with Gasteiger partial charge in [-0.1, -0.05) is 6.92 Å². The Labute approximate surface area is 118 Å². The largest absolute Gasteiger partial charge is 0.314 e. The highest BCUT2D eigenvalue weighted by atomic mass is 32.2. The van der Waals surface area contributed by atoms with Gasteiger partial charge in [-0.05, 0) is 58.2 Å². The van der Waals surface area contributed by atoms with E-state index >= 15 is 0 Å². The van der Waals surface area contributed by atoms with Gasteiger partial charge < -0.3 is 10.2 Å². The zero-order valence-electron chi connectivity index (χ0n) is 12.3. The van der Waals surface area contributed by atoms with Crippen LogP contribution in [0.25, 0.3) is 0 Å². The molecule has 0 amide bonds. The van der Waals surface area contributed by atoms with Crippen LogP contribution in [-0.2, 0) is 10.0 Å². The molecule has 2 unspecified atom stereocenters. The predicted octanol–water partition coefficient (Wildman–Crippen LogP) is 0.765. The third-order valence-corrected chi connectivity index (χ3v) is 4.72. The summed E-state index contributed by atoms with van der Waals surface area (Å²) in [6.45, 7) is 8.73. The fourth-order valence-electron chi connectivity index (χ4n) is 2.79. The van der Waals surface area contributed by atoms with Crippen molar-refractivity contribution in [2.75, 3.05) is 31.9 Å². The normalized spacial score (nSPS) is 23.4. The lowest BCUT2D eigenvalue weighted by Crippen LogP contribution is -2.45. The first kappa shape index (κ1) is 16.9. The number of likely N-dealkylation sites (tertiary alicyclic amines) is 1. The van der Waals surface area contributed by atoms with Crippen LogP contribution in [0.1, 0.15) is 39.5 Å². The van der Waals surface area contributed by atoms with Gasteiger partial charge in [0.1, 0.15) is 0 Å². The minimum Gasteiger partial charge on any atom is -0.314 e. The minimum absolute atomic E-state index is 0.0688. The van der Waals surface area contributed by atoms with Gasteiger partial charge in [0.15, 0.2) is 0 Å². The maximum atomic E-state index is 10.8. The molecule has 0 aromatic carbocycles. The lowest BCUT2D eigenvalue weighted by Gasteiger charge is -2.36. The quantitative estimate of drug-likeness (QED) is 0.648. The van der Waals surface area contributed by atoms with Crippen LogP contribution in [-0.4, -0.2) is 51.3 Å². The minimum atomic E-state index is -3.31. The van der Waals surface area contributed by atoms with Crippen molar-refractivity contribution >= 4 is 10.0 Å². The van der Waals surface area contributed by atoms with Crippen LogP contribution in [0.2, 0.25) is 0 Å². The lowest BCUT2D eigenvalue weighted by atomic mass is 9.91. The molecule has 0 radical (unpaired) electrons. The number of sulfonamides is 1. The molecule has 5 nitrogen and oxygen atoms in total. The van der Waals surface area contributed by atoms with Crippen LogP contribution < -0.4 is 10.5 Å². The first-order chi connectivity index (χ1) is 8.92. The molecule has 1 rings (SSSR count). The number of hydrogen-bond acceptors (Lipinski definition) is 4. The van der Waals surface area contributed by atoms with E-state index in [0.717, 1.165) is 13.1 Å². The number of piperidine rings is 1. The van der Waals surface area contributed by atoms with Crippen molar-refractivity contribution in [2.24, 2.45) is 11.1 Å². The fourth-order valence-corrected chi connectivity index (χ4v) is 3.34. The summed E-state index contributed by atoms with van der Waals surface area (Å²) in [6, 6.07) is 0.445. The Morgan fingerprint density at radius 3 is 2.84 bits per heavy atom. The molecule has 0 aromatic rings. The van der Waals surface area contributed by atoms with Crippen molar-refractivity contribution in [3.63, 3.8) is 0 Å². The van der Waals surface area contributed by atoms with Crippen LogP contribution in [0.15, 0.2) is 0 Å². The number of rotatable bonds is 8. The molecule has 0 aromatic heterocycles. The first-order valence-corrected chi connectivity index (χ1v) is 9.10. The molecule has 1 aliphatic rings. The Hall–Kier alpha value is -0.170. The van der Waals surface area contributed by atoms with E-state index in [4.69, 9.17) is 5.14 Å². The van der Waals surface area contributed by atoms with Crippen molar-refractivity contribution in [1.29, 1.82) is 0 Å². The Bertz CT molecular complexity index is 344. The van der Waals surface area contributed by atoms with E-state index in [0.29, 0.717) is 18.4 Å². The average molecular weight is 291 g/mol. The Kier molecular flexibility index (Phi) is 7.28. The first-order valence-electron chi connectivity index (χ1n) is 7.38. The number of nitrogens with one attached hydrogen (secondary N) is 1. The molecule has 0 aliphatic carbocycles. The number of nitrogens with two attached hydrogens (primary N) is 1. The standard InChI is InChI=1S/C13H29N3O2S/c1-3-8-16-9-4-6-13(11-16)12(2)15-7-5-10-19(14,17)18/h12-13,15H,3-11H2,1-2H3,(H2,14,17,18). The molecule has 19 heavy (non-hydrogen) atoms. The number of hydrogen-bond donors (Lipinski definition) is 2. The van der Waals surface area contributed by atoms with Crippen LogP contribution in [0, 0.1) is 5.92 Å². The second kappa shape index (κ2) is 8.19. The molecule has 0 bridgehead atoms. The molecule has 1 heterocycles. The van der Waals surface area contributed by atoms with E-state index < -0.39 is 10.0 Å². The molecule has 0 spiro atoms. The van der Waals surface area contributed by atoms with Gasteiger partial charge in [-0.25, -0.2) is 13.6 Å². The molecule has 3 N–H and O–H groups in total. The highest BCUT2D eigenvalue weighted by Gasteiger charge is 2.23. The summed E-state index contributed by atoms with van der Waals surface area (Å²) in [7, 11) is -3.31. The number of primary sulfonamides is 1. The maximum absolute atomic E-state index is 10.8. The van der Waals surface area contributed by atoms with Crippen molar-refractivity contribution in [3.8, 4) is 0 Å². The van der Waals surface area contributed by atoms with E-state index in [9.17, 15) is 8.42 Å². The van der Waals surface area contributed by atoms with E-state index in [2.05, 4.69) is 24.1 Å². The summed E-state index contributed by atoms with van der Waals surface area (Å²) >= 11 is 0. The van der Waals surface area contributed by atoms with Gasteiger partial charge in [0.05, 0.1) is 5.75 Å². The van der Waals surface area contributed by atoms with Gasteiger partial charge in [-0.2, -0.15) is 0 Å². The van der Waals surface area contributed by atoms with E-state index in [1.54, 1.807) is 0 Å². The molecule has 6 heteroatoms. The summed E-state index contributed by atoms with van der Waals surface area (Å²) in [6.07, 6.45) is 4.34. The summed E-state index contributed by atoms with van der Waals surface area (Å²) in [5, 5.41) is 8.43. The zero-order chi connectivity index (χ0) is 14.3. The van der Waals surface area contributed by atoms with Crippen LogP contribution in [0.3, 0.4) is 0 Å². The molecule has 2 atom stereocenters. The topological polar surface area (TPSA) is 75.4 Å². The maximum Gasteiger partial charge on any atom is 0.209 e. The van der Waals surface area contributed by atoms with Gasteiger partial charge in [0.2, 0.25) is 10.0 Å². The summed E-state index contributed by atoms with van der Waals surface area (Å²) in [5.74, 6) is 0.745. The summed E-state index contributed by atoms with van der Waals surface area (Å²) < 4.78 is 21.7. The molecule has 0 saturated carbocycles. The molecular formula is C13H29N3O2S. The van der Waals surface area contributed by atoms with Gasteiger partial charge in [-0.15, -0.1) is 0 Å². The van der Waals surface area contributed by atoms with Crippen LogP contribution in [0.5, 0.6) is 0 Å². The van der Waals surface area contributed by atoms with E-state index in [1.165, 1.54) is 32.4 Å². The summed E-state index contributed by atoms with van der Waals surface area (Å²) in [5.41, 5.74) is 0. The van der Waals surface area contributed by atoms with Crippen molar-refractivity contribution in [2.45, 2.75) is 45.6 Å². The smallest absolute Gasteiger partial charge is 0.209 e. The second-order valence-corrected chi connectivity index (χ2v) is 7.40. The van der Waals surface area contributed by atoms with E-state index in [-0.39, 0.29) is 5.75 Å². The Morgan fingerprint density at radius 1 is 1.47 bits per heavy atom. The third kappa shape index (κ3) is 7.25. The number of nitrogens with zero attached hydrogens (tertiary/aromatic N) is 1. The summed E-state index contributed by atoms with van der Waals surface area (Å²) in [4.78, 5) is 2.54. The second-order valence-electron chi connectivity index (χ2n) is 5.67. The van der Waals surface area contributed by atoms with Crippen molar-refractivity contribution in [3.05, 3.63) is 0 Å². The van der Waals surface area contributed by atoms with Crippen molar-refractivity contribution < 1.29 is 8.42 Å². The van der Waals surface area contributed by atoms with Crippen LogP contribution >= 0.6 is 0 Å². The van der Waals surface area contributed by atoms with Gasteiger partial charge >= 0.3 is 0 Å². The molecule has 1 aliphatic heterocycles. The fraction of sp³-hybridized carbons (Fsp3) is 1.00. The van der Waals surface area contributed by atoms with Gasteiger partial charge in [-0.3, -0.25) is 0 Å². The Balaban J connectivity index is 2.23. The molecule has 1 saturated heterocycles. The molecule has 1 fully saturated rings. The Morgan fingerprint density at radius 2 is 2.21 bits per heavy atom. The highest BCUT2D eigenvalue weighted by Crippen LogP contribution is 2.19. The predicted molar refractivity (Wildman–Crippen MR) is 79.5 cm³/mol.